The molecule has 5 N–H and O–H groups in total. The third-order valence-electron chi connectivity index (χ3n) is 2.98. The molecule has 1 aliphatic rings. The highest BCUT2D eigenvalue weighted by Gasteiger charge is 2.16. The van der Waals surface area contributed by atoms with E-state index < -0.39 is 0 Å². The van der Waals surface area contributed by atoms with Crippen molar-refractivity contribution in [2.24, 2.45) is 0 Å². The summed E-state index contributed by atoms with van der Waals surface area (Å²) in [4.78, 5) is 13.9. The molecule has 0 bridgehead atoms. The highest BCUT2D eigenvalue weighted by molar-refractivity contribution is 5.79. The van der Waals surface area contributed by atoms with Crippen LogP contribution in [0.2, 0.25) is 0 Å². The van der Waals surface area contributed by atoms with Gasteiger partial charge in [0.15, 0.2) is 0 Å². The van der Waals surface area contributed by atoms with Crippen molar-refractivity contribution < 1.29 is 4.79 Å². The average molecular weight is 234 g/mol. The van der Waals surface area contributed by atoms with Gasteiger partial charge in [0.05, 0.1) is 17.8 Å². The van der Waals surface area contributed by atoms with Crippen LogP contribution in [0.1, 0.15) is 5.56 Å². The molecule has 1 aliphatic heterocycles. The minimum absolute atomic E-state index is 0.149. The molecular weight excluding hydrogens is 216 g/mol. The SMILES string of the molecule is Nc1ccc(CC(=O)N2CCNCC2)cc1N. The van der Waals surface area contributed by atoms with Gasteiger partial charge in [-0.25, -0.2) is 0 Å². The van der Waals surface area contributed by atoms with E-state index >= 15 is 0 Å². The summed E-state index contributed by atoms with van der Waals surface area (Å²) in [6.45, 7) is 3.30. The van der Waals surface area contributed by atoms with Crippen molar-refractivity contribution in [1.82, 2.24) is 10.2 Å². The number of rotatable bonds is 2. The van der Waals surface area contributed by atoms with Crippen LogP contribution in [-0.4, -0.2) is 37.0 Å². The number of carbonyl (C=O) groups excluding carboxylic acids is 1. The van der Waals surface area contributed by atoms with Gasteiger partial charge in [-0.05, 0) is 17.7 Å². The summed E-state index contributed by atoms with van der Waals surface area (Å²) in [5, 5.41) is 3.22. The number of nitrogen functional groups attached to an aromatic ring is 2. The van der Waals surface area contributed by atoms with E-state index in [2.05, 4.69) is 5.32 Å². The Morgan fingerprint density at radius 3 is 2.59 bits per heavy atom. The normalized spacial score (nSPS) is 15.9. The van der Waals surface area contributed by atoms with Crippen molar-refractivity contribution in [2.75, 3.05) is 37.6 Å². The maximum absolute atomic E-state index is 12.0. The second kappa shape index (κ2) is 5.05. The fraction of sp³-hybridized carbons (Fsp3) is 0.417. The molecule has 0 aromatic heterocycles. The maximum atomic E-state index is 12.0. The molecule has 2 rings (SSSR count). The fourth-order valence-electron chi connectivity index (χ4n) is 1.93. The predicted molar refractivity (Wildman–Crippen MR) is 68.4 cm³/mol. The summed E-state index contributed by atoms with van der Waals surface area (Å²) in [6, 6.07) is 5.37. The first-order valence-electron chi connectivity index (χ1n) is 5.79. The van der Waals surface area contributed by atoms with Gasteiger partial charge >= 0.3 is 0 Å². The van der Waals surface area contributed by atoms with Gasteiger partial charge in [-0.2, -0.15) is 0 Å². The Balaban J connectivity index is 1.99. The van der Waals surface area contributed by atoms with Crippen LogP contribution in [-0.2, 0) is 11.2 Å². The number of nitrogens with two attached hydrogens (primary N) is 2. The van der Waals surface area contributed by atoms with E-state index in [-0.39, 0.29) is 5.91 Å². The molecule has 0 saturated carbocycles. The van der Waals surface area contributed by atoms with E-state index in [1.54, 1.807) is 12.1 Å². The molecule has 17 heavy (non-hydrogen) atoms. The van der Waals surface area contributed by atoms with Gasteiger partial charge in [0.1, 0.15) is 0 Å². The van der Waals surface area contributed by atoms with Crippen molar-refractivity contribution in [1.29, 1.82) is 0 Å². The van der Waals surface area contributed by atoms with E-state index in [1.165, 1.54) is 0 Å². The lowest BCUT2D eigenvalue weighted by atomic mass is 10.1. The second-order valence-electron chi connectivity index (χ2n) is 4.27. The van der Waals surface area contributed by atoms with Crippen LogP contribution in [0, 0.1) is 0 Å². The summed E-state index contributed by atoms with van der Waals surface area (Å²) >= 11 is 0. The van der Waals surface area contributed by atoms with Crippen LogP contribution >= 0.6 is 0 Å². The first-order chi connectivity index (χ1) is 8.16. The Hall–Kier alpha value is -1.75. The topological polar surface area (TPSA) is 84.4 Å². The van der Waals surface area contributed by atoms with E-state index in [4.69, 9.17) is 11.5 Å². The molecule has 1 fully saturated rings. The minimum atomic E-state index is 0.149. The average Bonchev–Trinajstić information content (AvgIpc) is 2.35. The highest BCUT2D eigenvalue weighted by atomic mass is 16.2. The molecule has 1 aromatic carbocycles. The summed E-state index contributed by atoms with van der Waals surface area (Å²) < 4.78 is 0. The van der Waals surface area contributed by atoms with E-state index in [9.17, 15) is 4.79 Å². The van der Waals surface area contributed by atoms with Crippen molar-refractivity contribution in [2.45, 2.75) is 6.42 Å². The quantitative estimate of drug-likeness (QED) is 0.620. The van der Waals surface area contributed by atoms with Crippen LogP contribution in [0.25, 0.3) is 0 Å². The zero-order valence-electron chi connectivity index (χ0n) is 9.78. The van der Waals surface area contributed by atoms with Gasteiger partial charge in [-0.3, -0.25) is 4.79 Å². The Kier molecular flexibility index (Phi) is 3.49. The first-order valence-corrected chi connectivity index (χ1v) is 5.79. The maximum Gasteiger partial charge on any atom is 0.227 e. The third kappa shape index (κ3) is 2.88. The lowest BCUT2D eigenvalue weighted by molar-refractivity contribution is -0.131. The van der Waals surface area contributed by atoms with Gasteiger partial charge in [0, 0.05) is 26.2 Å². The van der Waals surface area contributed by atoms with Crippen LogP contribution < -0.4 is 16.8 Å². The van der Waals surface area contributed by atoms with Gasteiger partial charge in [0.25, 0.3) is 0 Å². The summed E-state index contributed by atoms with van der Waals surface area (Å²) in [7, 11) is 0. The number of hydrogen-bond acceptors (Lipinski definition) is 4. The minimum Gasteiger partial charge on any atom is -0.397 e. The van der Waals surface area contributed by atoms with Gasteiger partial charge < -0.3 is 21.7 Å². The lowest BCUT2D eigenvalue weighted by Crippen LogP contribution is -2.46. The number of piperazine rings is 1. The third-order valence-corrected chi connectivity index (χ3v) is 2.98. The number of anilines is 2. The molecule has 1 amide bonds. The Morgan fingerprint density at radius 2 is 1.94 bits per heavy atom. The van der Waals surface area contributed by atoms with Gasteiger partial charge in [-0.15, -0.1) is 0 Å². The molecule has 0 radical (unpaired) electrons. The van der Waals surface area contributed by atoms with Crippen LogP contribution in [0.3, 0.4) is 0 Å². The molecule has 5 heteroatoms. The van der Waals surface area contributed by atoms with Crippen molar-refractivity contribution in [3.8, 4) is 0 Å². The fourth-order valence-corrected chi connectivity index (χ4v) is 1.93. The van der Waals surface area contributed by atoms with E-state index in [1.807, 2.05) is 11.0 Å². The molecule has 0 atom stereocenters. The molecule has 5 nitrogen and oxygen atoms in total. The Morgan fingerprint density at radius 1 is 1.24 bits per heavy atom. The number of nitrogens with zero attached hydrogens (tertiary/aromatic N) is 1. The Bertz CT molecular complexity index is 413. The highest BCUT2D eigenvalue weighted by Crippen LogP contribution is 2.16. The van der Waals surface area contributed by atoms with Gasteiger partial charge in [-0.1, -0.05) is 6.07 Å². The number of benzene rings is 1. The van der Waals surface area contributed by atoms with Gasteiger partial charge in [0.2, 0.25) is 5.91 Å². The molecule has 0 aliphatic carbocycles. The van der Waals surface area contributed by atoms with E-state index in [0.717, 1.165) is 31.7 Å². The summed E-state index contributed by atoms with van der Waals surface area (Å²) in [5.74, 6) is 0.149. The molecular formula is C12H18N4O. The van der Waals surface area contributed by atoms with Crippen LogP contribution in [0.5, 0.6) is 0 Å². The molecule has 1 aromatic rings. The smallest absolute Gasteiger partial charge is 0.227 e. The molecule has 0 unspecified atom stereocenters. The van der Waals surface area contributed by atoms with Crippen LogP contribution in [0.4, 0.5) is 11.4 Å². The molecule has 1 heterocycles. The number of nitrogens with one attached hydrogen (secondary N) is 1. The largest absolute Gasteiger partial charge is 0.397 e. The monoisotopic (exact) mass is 234 g/mol. The Labute approximate surface area is 101 Å². The number of hydrogen-bond donors (Lipinski definition) is 3. The predicted octanol–water partition coefficient (Wildman–Crippen LogP) is -0.175. The van der Waals surface area contributed by atoms with Crippen LogP contribution in [0.15, 0.2) is 18.2 Å². The molecule has 1 saturated heterocycles. The summed E-state index contributed by atoms with van der Waals surface area (Å²) in [5.41, 5.74) is 13.4. The van der Waals surface area contributed by atoms with Crippen molar-refractivity contribution >= 4 is 17.3 Å². The number of amides is 1. The standard InChI is InChI=1S/C12H18N4O/c13-10-2-1-9(7-11(10)14)8-12(17)16-5-3-15-4-6-16/h1-2,7,15H,3-6,8,13-14H2. The zero-order chi connectivity index (χ0) is 12.3. The lowest BCUT2D eigenvalue weighted by Gasteiger charge is -2.27. The molecule has 92 valence electrons. The summed E-state index contributed by atoms with van der Waals surface area (Å²) in [6.07, 6.45) is 0.393. The van der Waals surface area contributed by atoms with E-state index in [0.29, 0.717) is 17.8 Å². The second-order valence-corrected chi connectivity index (χ2v) is 4.27. The first kappa shape index (κ1) is 11.7. The van der Waals surface area contributed by atoms with Crippen molar-refractivity contribution in [3.05, 3.63) is 23.8 Å². The molecule has 0 spiro atoms. The zero-order valence-corrected chi connectivity index (χ0v) is 9.78. The number of carbonyl (C=O) groups is 1. The van der Waals surface area contributed by atoms with Crippen molar-refractivity contribution in [3.63, 3.8) is 0 Å².